The first-order chi connectivity index (χ1) is 12.7. The minimum Gasteiger partial charge on any atom is -0.376 e. The van der Waals surface area contributed by atoms with Gasteiger partial charge in [0.25, 0.3) is 0 Å². The lowest BCUT2D eigenvalue weighted by Gasteiger charge is -2.25. The van der Waals surface area contributed by atoms with Gasteiger partial charge in [-0.2, -0.15) is 0 Å². The van der Waals surface area contributed by atoms with Crippen LogP contribution in [0.1, 0.15) is 42.7 Å². The van der Waals surface area contributed by atoms with Crippen LogP contribution < -0.4 is 10.6 Å². The van der Waals surface area contributed by atoms with E-state index in [0.29, 0.717) is 18.2 Å². The molecule has 3 heterocycles. The molecule has 0 spiro atoms. The molecule has 2 aliphatic heterocycles. The van der Waals surface area contributed by atoms with Crippen molar-refractivity contribution in [2.45, 2.75) is 51.2 Å². The highest BCUT2D eigenvalue weighted by atomic mass is 32.1. The maximum atomic E-state index is 12.2. The first-order valence-corrected chi connectivity index (χ1v) is 10.4. The Labute approximate surface area is 157 Å². The number of nitrogens with zero attached hydrogens (tertiary/aromatic N) is 2. The van der Waals surface area contributed by atoms with Gasteiger partial charge in [0, 0.05) is 43.5 Å². The van der Waals surface area contributed by atoms with Gasteiger partial charge in [-0.05, 0) is 25.7 Å². The van der Waals surface area contributed by atoms with Crippen molar-refractivity contribution in [1.29, 1.82) is 0 Å². The number of rotatable bonds is 6. The van der Waals surface area contributed by atoms with E-state index < -0.39 is 0 Å². The standard InChI is InChI=1S/C18H26N4O3S/c23-16(19-9-13-5-2-8-25-13)11-22-7-6-14-15(10-22)26-18(20-14)21-17(24)12-3-1-4-12/h12-13H,1-11H2,(H,19,23)(H,20,21,24). The van der Waals surface area contributed by atoms with Gasteiger partial charge in [-0.3, -0.25) is 14.5 Å². The Balaban J connectivity index is 1.25. The van der Waals surface area contributed by atoms with E-state index in [9.17, 15) is 9.59 Å². The third-order valence-corrected chi connectivity index (χ3v) is 6.43. The van der Waals surface area contributed by atoms with Crippen molar-refractivity contribution < 1.29 is 14.3 Å². The Morgan fingerprint density at radius 3 is 2.88 bits per heavy atom. The monoisotopic (exact) mass is 378 g/mol. The fourth-order valence-electron chi connectivity index (χ4n) is 3.61. The summed E-state index contributed by atoms with van der Waals surface area (Å²) in [6.45, 7) is 3.35. The summed E-state index contributed by atoms with van der Waals surface area (Å²) in [6.07, 6.45) is 6.25. The van der Waals surface area contributed by atoms with Crippen molar-refractivity contribution in [3.63, 3.8) is 0 Å². The number of hydrogen-bond acceptors (Lipinski definition) is 6. The van der Waals surface area contributed by atoms with Crippen molar-refractivity contribution in [2.24, 2.45) is 5.92 Å². The number of nitrogens with one attached hydrogen (secondary N) is 2. The fourth-order valence-corrected chi connectivity index (χ4v) is 4.66. The zero-order chi connectivity index (χ0) is 17.9. The summed E-state index contributed by atoms with van der Waals surface area (Å²) in [6, 6.07) is 0. The van der Waals surface area contributed by atoms with Crippen LogP contribution in [0.2, 0.25) is 0 Å². The van der Waals surface area contributed by atoms with E-state index in [4.69, 9.17) is 4.74 Å². The number of carbonyl (C=O) groups excluding carboxylic acids is 2. The smallest absolute Gasteiger partial charge is 0.234 e. The zero-order valence-electron chi connectivity index (χ0n) is 15.0. The average Bonchev–Trinajstić information content (AvgIpc) is 3.19. The van der Waals surface area contributed by atoms with Crippen LogP contribution in [-0.2, 0) is 27.3 Å². The van der Waals surface area contributed by atoms with E-state index >= 15 is 0 Å². The Bertz CT molecular complexity index is 667. The van der Waals surface area contributed by atoms with Crippen LogP contribution in [0.15, 0.2) is 0 Å². The van der Waals surface area contributed by atoms with Gasteiger partial charge >= 0.3 is 0 Å². The SMILES string of the molecule is O=C(CN1CCc2nc(NC(=O)C3CCC3)sc2C1)NCC1CCCO1. The molecule has 1 aliphatic carbocycles. The largest absolute Gasteiger partial charge is 0.376 e. The molecule has 8 heteroatoms. The van der Waals surface area contributed by atoms with Gasteiger partial charge in [-0.1, -0.05) is 6.42 Å². The number of carbonyl (C=O) groups is 2. The molecule has 0 radical (unpaired) electrons. The lowest BCUT2D eigenvalue weighted by Crippen LogP contribution is -2.41. The second kappa shape index (κ2) is 8.02. The summed E-state index contributed by atoms with van der Waals surface area (Å²) in [5.74, 6) is 0.319. The molecule has 1 unspecified atom stereocenters. The first kappa shape index (κ1) is 17.9. The van der Waals surface area contributed by atoms with Gasteiger partial charge in [-0.25, -0.2) is 4.98 Å². The van der Waals surface area contributed by atoms with Crippen LogP contribution in [0.5, 0.6) is 0 Å². The van der Waals surface area contributed by atoms with Gasteiger partial charge in [0.05, 0.1) is 18.3 Å². The third kappa shape index (κ3) is 4.24. The highest BCUT2D eigenvalue weighted by molar-refractivity contribution is 7.15. The van der Waals surface area contributed by atoms with Crippen LogP contribution in [0, 0.1) is 5.92 Å². The Hall–Kier alpha value is -1.51. The summed E-state index contributed by atoms with van der Waals surface area (Å²) in [5, 5.41) is 6.65. The molecule has 142 valence electrons. The highest BCUT2D eigenvalue weighted by Gasteiger charge is 2.27. The minimum atomic E-state index is 0.0481. The molecule has 2 N–H and O–H groups in total. The fraction of sp³-hybridized carbons (Fsp3) is 0.722. The molecule has 7 nitrogen and oxygen atoms in total. The van der Waals surface area contributed by atoms with Gasteiger partial charge in [0.15, 0.2) is 5.13 Å². The van der Waals surface area contributed by atoms with E-state index in [1.165, 1.54) is 0 Å². The summed E-state index contributed by atoms with van der Waals surface area (Å²) in [7, 11) is 0. The van der Waals surface area contributed by atoms with E-state index in [-0.39, 0.29) is 23.8 Å². The number of anilines is 1. The third-order valence-electron chi connectivity index (χ3n) is 5.43. The van der Waals surface area contributed by atoms with Crippen molar-refractivity contribution in [3.8, 4) is 0 Å². The topological polar surface area (TPSA) is 83.6 Å². The Morgan fingerprint density at radius 2 is 2.15 bits per heavy atom. The predicted octanol–water partition coefficient (Wildman–Crippen LogP) is 1.53. The quantitative estimate of drug-likeness (QED) is 0.784. The molecule has 2 fully saturated rings. The minimum absolute atomic E-state index is 0.0481. The molecule has 1 aromatic rings. The van der Waals surface area contributed by atoms with Gasteiger partial charge in [0.1, 0.15) is 0 Å². The van der Waals surface area contributed by atoms with E-state index in [0.717, 1.165) is 68.8 Å². The molecule has 26 heavy (non-hydrogen) atoms. The second-order valence-electron chi connectivity index (χ2n) is 7.41. The first-order valence-electron chi connectivity index (χ1n) is 9.57. The maximum absolute atomic E-state index is 12.2. The molecular formula is C18H26N4O3S. The molecule has 1 atom stereocenters. The van der Waals surface area contributed by atoms with Crippen LogP contribution in [-0.4, -0.2) is 54.0 Å². The Kier molecular flexibility index (Phi) is 5.52. The average molecular weight is 378 g/mol. The number of amides is 2. The van der Waals surface area contributed by atoms with Crippen molar-refractivity contribution in [2.75, 3.05) is 31.6 Å². The highest BCUT2D eigenvalue weighted by Crippen LogP contribution is 2.31. The van der Waals surface area contributed by atoms with Crippen LogP contribution in [0.3, 0.4) is 0 Å². The van der Waals surface area contributed by atoms with E-state index in [1.54, 1.807) is 11.3 Å². The number of aromatic nitrogens is 1. The van der Waals surface area contributed by atoms with E-state index in [2.05, 4.69) is 20.5 Å². The maximum Gasteiger partial charge on any atom is 0.234 e. The molecule has 3 aliphatic rings. The van der Waals surface area contributed by atoms with Crippen molar-refractivity contribution in [1.82, 2.24) is 15.2 Å². The molecule has 1 aromatic heterocycles. The lowest BCUT2D eigenvalue weighted by atomic mass is 9.85. The molecule has 2 amide bonds. The van der Waals surface area contributed by atoms with Crippen LogP contribution in [0.25, 0.3) is 0 Å². The summed E-state index contributed by atoms with van der Waals surface area (Å²) >= 11 is 1.54. The normalized spacial score (nSPS) is 23.3. The molecule has 0 bridgehead atoms. The lowest BCUT2D eigenvalue weighted by molar-refractivity contribution is -0.123. The molecular weight excluding hydrogens is 352 g/mol. The van der Waals surface area contributed by atoms with Crippen LogP contribution >= 0.6 is 11.3 Å². The zero-order valence-corrected chi connectivity index (χ0v) is 15.8. The number of hydrogen-bond donors (Lipinski definition) is 2. The molecule has 1 saturated carbocycles. The second-order valence-corrected chi connectivity index (χ2v) is 8.49. The summed E-state index contributed by atoms with van der Waals surface area (Å²) < 4.78 is 5.53. The number of fused-ring (bicyclic) bond motifs is 1. The van der Waals surface area contributed by atoms with E-state index in [1.807, 2.05) is 0 Å². The molecule has 4 rings (SSSR count). The predicted molar refractivity (Wildman–Crippen MR) is 99.0 cm³/mol. The van der Waals surface area contributed by atoms with Gasteiger partial charge in [0.2, 0.25) is 11.8 Å². The Morgan fingerprint density at radius 1 is 1.27 bits per heavy atom. The van der Waals surface area contributed by atoms with Crippen molar-refractivity contribution >= 4 is 28.3 Å². The van der Waals surface area contributed by atoms with Crippen molar-refractivity contribution in [3.05, 3.63) is 10.6 Å². The van der Waals surface area contributed by atoms with Gasteiger partial charge < -0.3 is 15.4 Å². The molecule has 0 aromatic carbocycles. The molecule has 1 saturated heterocycles. The van der Waals surface area contributed by atoms with Gasteiger partial charge in [-0.15, -0.1) is 11.3 Å². The summed E-state index contributed by atoms with van der Waals surface area (Å²) in [5.41, 5.74) is 1.06. The number of ether oxygens (including phenoxy) is 1. The van der Waals surface area contributed by atoms with Crippen LogP contribution in [0.4, 0.5) is 5.13 Å². The summed E-state index contributed by atoms with van der Waals surface area (Å²) in [4.78, 5) is 32.1. The number of thiazole rings is 1.